The molecule has 2 N–H and O–H groups in total. The molecule has 0 aliphatic heterocycles. The van der Waals surface area contributed by atoms with Crippen LogP contribution in [0.15, 0.2) is 33.9 Å². The molecule has 0 bridgehead atoms. The van der Waals surface area contributed by atoms with Gasteiger partial charge in [-0.1, -0.05) is 23.7 Å². The largest absolute Gasteiger partial charge is 0.387 e. The Morgan fingerprint density at radius 2 is 2.04 bits per heavy atom. The normalized spacial score (nSPS) is 11.8. The molecule has 23 heavy (non-hydrogen) atoms. The first kappa shape index (κ1) is 16.8. The lowest BCUT2D eigenvalue weighted by molar-refractivity contribution is 0.191. The zero-order chi connectivity index (χ0) is 17.1. The molecule has 7 nitrogen and oxygen atoms in total. The van der Waals surface area contributed by atoms with E-state index in [0.29, 0.717) is 10.6 Å². The molecule has 1 aromatic carbocycles. The average molecular weight is 335 g/mol. The lowest BCUT2D eigenvalue weighted by Gasteiger charge is -2.17. The van der Waals surface area contributed by atoms with Crippen molar-refractivity contribution in [3.05, 3.63) is 61.3 Å². The number of nitrogens with one attached hydrogen (secondary N) is 1. The summed E-state index contributed by atoms with van der Waals surface area (Å²) in [6.07, 6.45) is -0.917. The van der Waals surface area contributed by atoms with E-state index in [1.165, 1.54) is 14.1 Å². The highest BCUT2D eigenvalue weighted by Crippen LogP contribution is 2.18. The van der Waals surface area contributed by atoms with Gasteiger partial charge < -0.3 is 10.4 Å². The molecule has 0 amide bonds. The van der Waals surface area contributed by atoms with E-state index in [9.17, 15) is 14.7 Å². The van der Waals surface area contributed by atoms with Gasteiger partial charge in [0.25, 0.3) is 5.56 Å². The van der Waals surface area contributed by atoms with Crippen LogP contribution in [0, 0.1) is 11.3 Å². The maximum absolute atomic E-state index is 12.0. The van der Waals surface area contributed by atoms with E-state index in [1.807, 2.05) is 0 Å². The quantitative estimate of drug-likeness (QED) is 0.859. The van der Waals surface area contributed by atoms with Crippen molar-refractivity contribution < 1.29 is 5.11 Å². The summed E-state index contributed by atoms with van der Waals surface area (Å²) in [5, 5.41) is 22.6. The Kier molecular flexibility index (Phi) is 4.89. The summed E-state index contributed by atoms with van der Waals surface area (Å²) >= 11 is 5.87. The molecule has 0 aliphatic carbocycles. The second-order valence-corrected chi connectivity index (χ2v) is 5.43. The van der Waals surface area contributed by atoms with Gasteiger partial charge in [-0.05, 0) is 17.7 Å². The van der Waals surface area contributed by atoms with E-state index >= 15 is 0 Å². The third-order valence-corrected chi connectivity index (χ3v) is 3.71. The summed E-state index contributed by atoms with van der Waals surface area (Å²) in [7, 11) is 2.74. The Hall–Kier alpha value is -2.56. The maximum Gasteiger partial charge on any atom is 0.332 e. The molecule has 1 atom stereocenters. The number of nitriles is 1. The molecule has 0 saturated carbocycles. The fourth-order valence-corrected chi connectivity index (χ4v) is 2.38. The first-order valence-electron chi connectivity index (χ1n) is 6.74. The van der Waals surface area contributed by atoms with Crippen LogP contribution in [-0.4, -0.2) is 20.8 Å². The summed E-state index contributed by atoms with van der Waals surface area (Å²) in [6, 6.07) is 8.49. The van der Waals surface area contributed by atoms with Crippen LogP contribution in [0.3, 0.4) is 0 Å². The van der Waals surface area contributed by atoms with E-state index in [4.69, 9.17) is 16.9 Å². The Balaban J connectivity index is 2.33. The zero-order valence-corrected chi connectivity index (χ0v) is 13.3. The van der Waals surface area contributed by atoms with Crippen LogP contribution in [0.25, 0.3) is 0 Å². The zero-order valence-electron chi connectivity index (χ0n) is 12.6. The first-order chi connectivity index (χ1) is 10.9. The van der Waals surface area contributed by atoms with E-state index < -0.39 is 17.4 Å². The van der Waals surface area contributed by atoms with Gasteiger partial charge in [0.05, 0.1) is 6.10 Å². The second-order valence-electron chi connectivity index (χ2n) is 4.99. The highest BCUT2D eigenvalue weighted by molar-refractivity contribution is 6.30. The summed E-state index contributed by atoms with van der Waals surface area (Å²) < 4.78 is 2.02. The fourth-order valence-electron chi connectivity index (χ4n) is 2.18. The summed E-state index contributed by atoms with van der Waals surface area (Å²) in [5.74, 6) is 0.0710. The van der Waals surface area contributed by atoms with Crippen LogP contribution in [-0.2, 0) is 14.1 Å². The molecule has 1 aromatic heterocycles. The summed E-state index contributed by atoms with van der Waals surface area (Å²) in [6.45, 7) is 0.00939. The van der Waals surface area contributed by atoms with Crippen LogP contribution < -0.4 is 16.6 Å². The van der Waals surface area contributed by atoms with E-state index in [2.05, 4.69) is 5.32 Å². The number of aliphatic hydroxyl groups is 1. The maximum atomic E-state index is 12.0. The molecule has 8 heteroatoms. The summed E-state index contributed by atoms with van der Waals surface area (Å²) in [4.78, 5) is 23.9. The number of aliphatic hydroxyl groups excluding tert-OH is 1. The number of nitrogens with zero attached hydrogens (tertiary/aromatic N) is 3. The minimum Gasteiger partial charge on any atom is -0.387 e. The average Bonchev–Trinajstić information content (AvgIpc) is 2.54. The van der Waals surface area contributed by atoms with Gasteiger partial charge >= 0.3 is 5.69 Å². The van der Waals surface area contributed by atoms with Crippen molar-refractivity contribution >= 4 is 17.4 Å². The van der Waals surface area contributed by atoms with Gasteiger partial charge in [0.1, 0.15) is 11.9 Å². The van der Waals surface area contributed by atoms with Gasteiger partial charge in [0.15, 0.2) is 5.56 Å². The molecule has 0 fully saturated rings. The standard InChI is InChI=1S/C15H15ClN4O3/c1-19-13(11(7-17)14(22)20(2)15(19)23)18-8-12(21)9-4-3-5-10(16)6-9/h3-6,12,18,21H,8H2,1-2H3. The highest BCUT2D eigenvalue weighted by atomic mass is 35.5. The molecule has 0 aliphatic rings. The van der Waals surface area contributed by atoms with Crippen LogP contribution in [0.1, 0.15) is 17.2 Å². The van der Waals surface area contributed by atoms with Crippen LogP contribution in [0.4, 0.5) is 5.82 Å². The van der Waals surface area contributed by atoms with Gasteiger partial charge in [-0.2, -0.15) is 5.26 Å². The van der Waals surface area contributed by atoms with E-state index in [1.54, 1.807) is 30.3 Å². The lowest BCUT2D eigenvalue weighted by Crippen LogP contribution is -2.40. The Morgan fingerprint density at radius 1 is 1.35 bits per heavy atom. The van der Waals surface area contributed by atoms with Crippen LogP contribution in [0.5, 0.6) is 0 Å². The second kappa shape index (κ2) is 6.69. The number of hydrogen-bond acceptors (Lipinski definition) is 5. The van der Waals surface area contributed by atoms with Crippen molar-refractivity contribution in [1.82, 2.24) is 9.13 Å². The molecule has 2 rings (SSSR count). The van der Waals surface area contributed by atoms with Gasteiger partial charge in [-0.3, -0.25) is 13.9 Å². The molecule has 120 valence electrons. The van der Waals surface area contributed by atoms with Gasteiger partial charge in [-0.15, -0.1) is 0 Å². The summed E-state index contributed by atoms with van der Waals surface area (Å²) in [5.41, 5.74) is -0.852. The van der Waals surface area contributed by atoms with Crippen molar-refractivity contribution in [2.75, 3.05) is 11.9 Å². The molecule has 0 saturated heterocycles. The number of benzene rings is 1. The minimum atomic E-state index is -0.917. The Labute approximate surface area is 137 Å². The van der Waals surface area contributed by atoms with Gasteiger partial charge in [-0.25, -0.2) is 4.79 Å². The van der Waals surface area contributed by atoms with Crippen LogP contribution >= 0.6 is 11.6 Å². The first-order valence-corrected chi connectivity index (χ1v) is 7.12. The smallest absolute Gasteiger partial charge is 0.332 e. The molecule has 1 unspecified atom stereocenters. The number of anilines is 1. The van der Waals surface area contributed by atoms with Gasteiger partial charge in [0.2, 0.25) is 0 Å². The molecular weight excluding hydrogens is 320 g/mol. The van der Waals surface area contributed by atoms with Crippen molar-refractivity contribution in [3.63, 3.8) is 0 Å². The van der Waals surface area contributed by atoms with E-state index in [0.717, 1.165) is 9.13 Å². The molecule has 0 radical (unpaired) electrons. The predicted molar refractivity (Wildman–Crippen MR) is 86.5 cm³/mol. The molecule has 1 heterocycles. The number of hydrogen-bond donors (Lipinski definition) is 2. The fraction of sp³-hybridized carbons (Fsp3) is 0.267. The Morgan fingerprint density at radius 3 is 2.65 bits per heavy atom. The van der Waals surface area contributed by atoms with Gasteiger partial charge in [0, 0.05) is 25.7 Å². The van der Waals surface area contributed by atoms with Crippen molar-refractivity contribution in [1.29, 1.82) is 5.26 Å². The number of halogens is 1. The SMILES string of the molecule is Cn1c(NCC(O)c2cccc(Cl)c2)c(C#N)c(=O)n(C)c1=O. The lowest BCUT2D eigenvalue weighted by atomic mass is 10.1. The third kappa shape index (κ3) is 3.28. The highest BCUT2D eigenvalue weighted by Gasteiger charge is 2.16. The predicted octanol–water partition coefficient (Wildman–Crippen LogP) is 0.755. The van der Waals surface area contributed by atoms with Crippen molar-refractivity contribution in [2.45, 2.75) is 6.10 Å². The molecule has 2 aromatic rings. The molecular formula is C15H15ClN4O3. The monoisotopic (exact) mass is 334 g/mol. The van der Waals surface area contributed by atoms with Crippen molar-refractivity contribution in [3.8, 4) is 6.07 Å². The van der Waals surface area contributed by atoms with Crippen LogP contribution in [0.2, 0.25) is 5.02 Å². The Bertz CT molecular complexity index is 895. The molecule has 0 spiro atoms. The third-order valence-electron chi connectivity index (χ3n) is 3.47. The topological polar surface area (TPSA) is 100 Å². The van der Waals surface area contributed by atoms with Crippen molar-refractivity contribution in [2.24, 2.45) is 14.1 Å². The van der Waals surface area contributed by atoms with E-state index in [-0.39, 0.29) is 17.9 Å². The minimum absolute atomic E-state index is 0.00939. The number of aromatic nitrogens is 2. The number of rotatable bonds is 4.